The molecule has 1 unspecified atom stereocenters. The van der Waals surface area contributed by atoms with Crippen LogP contribution < -0.4 is 0 Å². The zero-order valence-electron chi connectivity index (χ0n) is 7.54. The van der Waals surface area contributed by atoms with Crippen LogP contribution >= 0.6 is 11.6 Å². The van der Waals surface area contributed by atoms with Crippen LogP contribution in [0.3, 0.4) is 0 Å². The highest BCUT2D eigenvalue weighted by Gasteiger charge is 2.11. The highest BCUT2D eigenvalue weighted by Crippen LogP contribution is 2.18. The number of alkyl halides is 1. The average molecular weight is 189 g/mol. The molecule has 0 spiro atoms. The van der Waals surface area contributed by atoms with Gasteiger partial charge in [-0.3, -0.25) is 0 Å². The summed E-state index contributed by atoms with van der Waals surface area (Å²) >= 11 is 5.76. The van der Waals surface area contributed by atoms with E-state index in [1.807, 2.05) is 6.92 Å². The Morgan fingerprint density at radius 1 is 1.33 bits per heavy atom. The summed E-state index contributed by atoms with van der Waals surface area (Å²) in [6.45, 7) is 6.02. The first-order chi connectivity index (χ1) is 5.59. The Morgan fingerprint density at radius 2 is 2.00 bits per heavy atom. The predicted molar refractivity (Wildman–Crippen MR) is 47.1 cm³/mol. The zero-order chi connectivity index (χ0) is 9.14. The molecule has 1 atom stereocenters. The molecular formula is C8H13ClN2O. The van der Waals surface area contributed by atoms with E-state index in [-0.39, 0.29) is 5.38 Å². The van der Waals surface area contributed by atoms with E-state index in [1.165, 1.54) is 0 Å². The third kappa shape index (κ3) is 2.48. The van der Waals surface area contributed by atoms with Crippen LogP contribution in [0, 0.1) is 5.92 Å². The lowest BCUT2D eigenvalue weighted by atomic mass is 10.1. The Balaban J connectivity index is 2.64. The molecule has 0 aromatic carbocycles. The van der Waals surface area contributed by atoms with Gasteiger partial charge in [0.15, 0.2) is 0 Å². The molecule has 0 bridgehead atoms. The van der Waals surface area contributed by atoms with E-state index < -0.39 is 0 Å². The summed E-state index contributed by atoms with van der Waals surface area (Å²) in [5.74, 6) is 1.71. The van der Waals surface area contributed by atoms with Crippen molar-refractivity contribution in [2.24, 2.45) is 5.92 Å². The Morgan fingerprint density at radius 3 is 2.42 bits per heavy atom. The van der Waals surface area contributed by atoms with Crippen molar-refractivity contribution < 1.29 is 4.42 Å². The van der Waals surface area contributed by atoms with Crippen molar-refractivity contribution in [2.75, 3.05) is 0 Å². The Labute approximate surface area is 77.1 Å². The number of hydrogen-bond acceptors (Lipinski definition) is 3. The van der Waals surface area contributed by atoms with Gasteiger partial charge in [0.1, 0.15) is 5.38 Å². The third-order valence-electron chi connectivity index (χ3n) is 1.41. The SMILES string of the molecule is CC(C)Cc1nnc(C(C)Cl)o1. The van der Waals surface area contributed by atoms with Crippen LogP contribution in [0.1, 0.15) is 37.9 Å². The summed E-state index contributed by atoms with van der Waals surface area (Å²) in [6.07, 6.45) is 0.816. The molecule has 1 rings (SSSR count). The molecule has 4 heteroatoms. The van der Waals surface area contributed by atoms with Crippen molar-refractivity contribution in [3.05, 3.63) is 11.8 Å². The summed E-state index contributed by atoms with van der Waals surface area (Å²) < 4.78 is 5.30. The molecule has 0 aliphatic carbocycles. The summed E-state index contributed by atoms with van der Waals surface area (Å²) in [6, 6.07) is 0. The second-order valence-corrected chi connectivity index (χ2v) is 3.90. The van der Waals surface area contributed by atoms with Crippen LogP contribution in [0.15, 0.2) is 4.42 Å². The molecule has 0 saturated heterocycles. The van der Waals surface area contributed by atoms with Gasteiger partial charge >= 0.3 is 0 Å². The topological polar surface area (TPSA) is 38.9 Å². The normalized spacial score (nSPS) is 13.8. The summed E-state index contributed by atoms with van der Waals surface area (Å²) in [4.78, 5) is 0. The molecule has 0 fully saturated rings. The van der Waals surface area contributed by atoms with Crippen LogP contribution in [-0.2, 0) is 6.42 Å². The van der Waals surface area contributed by atoms with Gasteiger partial charge in [-0.15, -0.1) is 21.8 Å². The monoisotopic (exact) mass is 188 g/mol. The fourth-order valence-electron chi connectivity index (χ4n) is 0.859. The standard InChI is InChI=1S/C8H13ClN2O/c1-5(2)4-7-10-11-8(12-7)6(3)9/h5-6H,4H2,1-3H3. The van der Waals surface area contributed by atoms with Gasteiger partial charge in [-0.05, 0) is 12.8 Å². The molecule has 0 N–H and O–H groups in total. The Kier molecular flexibility index (Phi) is 3.09. The maximum Gasteiger partial charge on any atom is 0.234 e. The number of hydrogen-bond donors (Lipinski definition) is 0. The van der Waals surface area contributed by atoms with Crippen LogP contribution in [0.25, 0.3) is 0 Å². The van der Waals surface area contributed by atoms with Gasteiger partial charge in [0.25, 0.3) is 0 Å². The summed E-state index contributed by atoms with van der Waals surface area (Å²) in [7, 11) is 0. The predicted octanol–water partition coefficient (Wildman–Crippen LogP) is 2.57. The molecule has 1 heterocycles. The fourth-order valence-corrected chi connectivity index (χ4v) is 0.947. The number of halogens is 1. The molecule has 68 valence electrons. The molecule has 0 saturated carbocycles. The van der Waals surface area contributed by atoms with Crippen molar-refractivity contribution in [2.45, 2.75) is 32.6 Å². The highest BCUT2D eigenvalue weighted by atomic mass is 35.5. The number of rotatable bonds is 3. The average Bonchev–Trinajstić information content (AvgIpc) is 2.34. The summed E-state index contributed by atoms with van der Waals surface area (Å²) in [5, 5.41) is 7.50. The van der Waals surface area contributed by atoms with E-state index in [9.17, 15) is 0 Å². The largest absolute Gasteiger partial charge is 0.424 e. The molecular weight excluding hydrogens is 176 g/mol. The van der Waals surface area contributed by atoms with E-state index in [4.69, 9.17) is 16.0 Å². The minimum Gasteiger partial charge on any atom is -0.424 e. The smallest absolute Gasteiger partial charge is 0.234 e. The van der Waals surface area contributed by atoms with Crippen molar-refractivity contribution in [3.8, 4) is 0 Å². The first-order valence-corrected chi connectivity index (χ1v) is 4.49. The summed E-state index contributed by atoms with van der Waals surface area (Å²) in [5.41, 5.74) is 0. The molecule has 12 heavy (non-hydrogen) atoms. The second-order valence-electron chi connectivity index (χ2n) is 3.25. The Hall–Kier alpha value is -0.570. The van der Waals surface area contributed by atoms with Crippen LogP contribution in [0.5, 0.6) is 0 Å². The minimum absolute atomic E-state index is 0.196. The van der Waals surface area contributed by atoms with E-state index in [0.717, 1.165) is 6.42 Å². The van der Waals surface area contributed by atoms with E-state index >= 15 is 0 Å². The van der Waals surface area contributed by atoms with Gasteiger partial charge in [0, 0.05) is 6.42 Å². The van der Waals surface area contributed by atoms with Crippen LogP contribution in [-0.4, -0.2) is 10.2 Å². The van der Waals surface area contributed by atoms with E-state index in [1.54, 1.807) is 0 Å². The lowest BCUT2D eigenvalue weighted by molar-refractivity contribution is 0.425. The molecule has 0 aliphatic heterocycles. The zero-order valence-corrected chi connectivity index (χ0v) is 8.30. The number of aromatic nitrogens is 2. The van der Waals surface area contributed by atoms with Gasteiger partial charge in [0.2, 0.25) is 11.8 Å². The van der Waals surface area contributed by atoms with E-state index in [0.29, 0.717) is 17.7 Å². The molecule has 0 radical (unpaired) electrons. The van der Waals surface area contributed by atoms with Gasteiger partial charge in [-0.2, -0.15) is 0 Å². The molecule has 0 aliphatic rings. The van der Waals surface area contributed by atoms with E-state index in [2.05, 4.69) is 24.0 Å². The number of nitrogens with zero attached hydrogens (tertiary/aromatic N) is 2. The Bertz CT molecular complexity index is 245. The van der Waals surface area contributed by atoms with Crippen LogP contribution in [0.2, 0.25) is 0 Å². The highest BCUT2D eigenvalue weighted by molar-refractivity contribution is 6.20. The van der Waals surface area contributed by atoms with Crippen molar-refractivity contribution in [3.63, 3.8) is 0 Å². The first kappa shape index (κ1) is 9.52. The van der Waals surface area contributed by atoms with Gasteiger partial charge in [0.05, 0.1) is 0 Å². The second kappa shape index (κ2) is 3.90. The van der Waals surface area contributed by atoms with Gasteiger partial charge < -0.3 is 4.42 Å². The lowest BCUT2D eigenvalue weighted by Crippen LogP contribution is -1.93. The maximum atomic E-state index is 5.76. The lowest BCUT2D eigenvalue weighted by Gasteiger charge is -1.97. The first-order valence-electron chi connectivity index (χ1n) is 4.06. The maximum absolute atomic E-state index is 5.76. The molecule has 0 amide bonds. The van der Waals surface area contributed by atoms with Crippen LogP contribution in [0.4, 0.5) is 0 Å². The van der Waals surface area contributed by atoms with Crippen molar-refractivity contribution in [1.82, 2.24) is 10.2 Å². The third-order valence-corrected chi connectivity index (χ3v) is 1.59. The molecule has 1 aromatic rings. The van der Waals surface area contributed by atoms with Gasteiger partial charge in [-0.25, -0.2) is 0 Å². The van der Waals surface area contributed by atoms with Gasteiger partial charge in [-0.1, -0.05) is 13.8 Å². The minimum atomic E-state index is -0.196. The molecule has 3 nitrogen and oxygen atoms in total. The quantitative estimate of drug-likeness (QED) is 0.685. The van der Waals surface area contributed by atoms with Crippen molar-refractivity contribution >= 4 is 11.6 Å². The molecule has 1 aromatic heterocycles. The van der Waals surface area contributed by atoms with Crippen molar-refractivity contribution in [1.29, 1.82) is 0 Å². The fraction of sp³-hybridized carbons (Fsp3) is 0.750.